The van der Waals surface area contributed by atoms with Gasteiger partial charge in [0.25, 0.3) is 0 Å². The molecule has 5 nitrogen and oxygen atoms in total. The molecule has 0 spiro atoms. The molecule has 3 rings (SSSR count). The van der Waals surface area contributed by atoms with Crippen LogP contribution in [0.3, 0.4) is 0 Å². The Hall–Kier alpha value is -3.29. The third-order valence-electron chi connectivity index (χ3n) is 3.75. The van der Waals surface area contributed by atoms with Crippen molar-refractivity contribution in [2.75, 3.05) is 12.4 Å². The van der Waals surface area contributed by atoms with E-state index in [1.54, 1.807) is 18.2 Å². The van der Waals surface area contributed by atoms with E-state index in [0.717, 1.165) is 18.3 Å². The van der Waals surface area contributed by atoms with Crippen molar-refractivity contribution in [3.05, 3.63) is 59.8 Å². The first kappa shape index (κ1) is 17.5. The number of carbonyl (C=O) groups excluding carboxylic acids is 1. The second-order valence-electron chi connectivity index (χ2n) is 5.42. The molecule has 26 heavy (non-hydrogen) atoms. The molecule has 0 fully saturated rings. The van der Waals surface area contributed by atoms with Crippen LogP contribution in [-0.4, -0.2) is 18.1 Å². The Kier molecular flexibility index (Phi) is 4.41. The molecule has 0 aliphatic heterocycles. The van der Waals surface area contributed by atoms with Crippen LogP contribution >= 0.6 is 0 Å². The van der Waals surface area contributed by atoms with Crippen molar-refractivity contribution in [1.29, 1.82) is 0 Å². The molecule has 1 heterocycles. The normalized spacial score (nSPS) is 11.4. The second-order valence-corrected chi connectivity index (χ2v) is 5.42. The molecule has 3 aromatic rings. The molecule has 0 unspecified atom stereocenters. The Morgan fingerprint density at radius 3 is 2.62 bits per heavy atom. The van der Waals surface area contributed by atoms with Gasteiger partial charge in [0.05, 0.1) is 29.8 Å². The van der Waals surface area contributed by atoms with Crippen molar-refractivity contribution < 1.29 is 27.8 Å². The average Bonchev–Trinajstić information content (AvgIpc) is 2.61. The van der Waals surface area contributed by atoms with Gasteiger partial charge in [-0.25, -0.2) is 0 Å². The summed E-state index contributed by atoms with van der Waals surface area (Å²) in [5.41, 5.74) is -0.521. The molecule has 8 heteroatoms. The Balaban J connectivity index is 2.16. The Bertz CT molecular complexity index is 987. The number of hydrogen-bond acceptors (Lipinski definition) is 5. The maximum atomic E-state index is 12.9. The van der Waals surface area contributed by atoms with E-state index in [2.05, 4.69) is 10.3 Å². The molecule has 0 aliphatic carbocycles. The van der Waals surface area contributed by atoms with Crippen LogP contribution in [0, 0.1) is 0 Å². The smallest absolute Gasteiger partial charge is 0.416 e. The second kappa shape index (κ2) is 6.55. The number of anilines is 2. The Morgan fingerprint density at radius 1 is 1.19 bits per heavy atom. The van der Waals surface area contributed by atoms with Gasteiger partial charge in [0.1, 0.15) is 5.75 Å². The summed E-state index contributed by atoms with van der Waals surface area (Å²) >= 11 is 0. The van der Waals surface area contributed by atoms with E-state index in [4.69, 9.17) is 4.74 Å². The number of pyridine rings is 1. The Morgan fingerprint density at radius 2 is 1.96 bits per heavy atom. The lowest BCUT2D eigenvalue weighted by Gasteiger charge is -2.17. The molecule has 0 bridgehead atoms. The van der Waals surface area contributed by atoms with Gasteiger partial charge in [-0.05, 0) is 36.4 Å². The summed E-state index contributed by atoms with van der Waals surface area (Å²) in [6.07, 6.45) is -3.42. The Labute approximate surface area is 146 Å². The van der Waals surface area contributed by atoms with Crippen LogP contribution in [0.5, 0.6) is 5.75 Å². The molecule has 0 amide bonds. The number of methoxy groups -OCH3 is 1. The monoisotopic (exact) mass is 361 g/mol. The van der Waals surface area contributed by atoms with E-state index in [-0.39, 0.29) is 16.9 Å². The lowest BCUT2D eigenvalue weighted by Crippen LogP contribution is -2.23. The number of carbonyl (C=O) groups is 1. The standard InChI is InChI=1S/C18H13F3N2O3/c1-26-12-5-6-15-13(8-12)16(14(9-22-15)17(24)25)23-11-4-2-3-10(7-11)18(19,20)21/h2-9H,1H3,(H,22,23)(H,24,25)/p-1. The minimum absolute atomic E-state index is 0.0771. The van der Waals surface area contributed by atoms with Crippen LogP contribution in [0.4, 0.5) is 24.5 Å². The lowest BCUT2D eigenvalue weighted by atomic mass is 10.1. The third-order valence-corrected chi connectivity index (χ3v) is 3.75. The minimum atomic E-state index is -4.52. The maximum absolute atomic E-state index is 12.9. The number of nitrogens with one attached hydrogen (secondary N) is 1. The number of fused-ring (bicyclic) bond motifs is 1. The van der Waals surface area contributed by atoms with E-state index in [1.165, 1.54) is 19.2 Å². The van der Waals surface area contributed by atoms with Crippen molar-refractivity contribution in [3.8, 4) is 5.75 Å². The van der Waals surface area contributed by atoms with Crippen molar-refractivity contribution in [1.82, 2.24) is 4.98 Å². The summed E-state index contributed by atoms with van der Waals surface area (Å²) in [4.78, 5) is 15.5. The average molecular weight is 361 g/mol. The van der Waals surface area contributed by atoms with Crippen molar-refractivity contribution in [2.45, 2.75) is 6.18 Å². The topological polar surface area (TPSA) is 74.3 Å². The molecule has 2 aromatic carbocycles. The predicted octanol–water partition coefficient (Wildman–Crippen LogP) is 3.37. The first-order chi connectivity index (χ1) is 12.3. The first-order valence-corrected chi connectivity index (χ1v) is 7.42. The van der Waals surface area contributed by atoms with Gasteiger partial charge in [-0.3, -0.25) is 4.98 Å². The largest absolute Gasteiger partial charge is 0.545 e. The van der Waals surface area contributed by atoms with E-state index < -0.39 is 17.7 Å². The predicted molar refractivity (Wildman–Crippen MR) is 87.4 cm³/mol. The molecule has 134 valence electrons. The fraction of sp³-hybridized carbons (Fsp3) is 0.111. The number of alkyl halides is 3. The molecule has 0 saturated carbocycles. The van der Waals surface area contributed by atoms with Crippen molar-refractivity contribution in [2.24, 2.45) is 0 Å². The molecular formula is C18H12F3N2O3-. The number of halogens is 3. The highest BCUT2D eigenvalue weighted by Gasteiger charge is 2.30. The van der Waals surface area contributed by atoms with Gasteiger partial charge in [-0.2, -0.15) is 13.2 Å². The summed E-state index contributed by atoms with van der Waals surface area (Å²) < 4.78 is 43.8. The highest BCUT2D eigenvalue weighted by molar-refractivity contribution is 6.05. The molecule has 0 aliphatic rings. The fourth-order valence-electron chi connectivity index (χ4n) is 2.51. The summed E-state index contributed by atoms with van der Waals surface area (Å²) in [7, 11) is 1.44. The number of rotatable bonds is 4. The van der Waals surface area contributed by atoms with Crippen molar-refractivity contribution in [3.63, 3.8) is 0 Å². The maximum Gasteiger partial charge on any atom is 0.416 e. The van der Waals surface area contributed by atoms with E-state index in [1.807, 2.05) is 0 Å². The van der Waals surface area contributed by atoms with Gasteiger partial charge in [-0.1, -0.05) is 6.07 Å². The molecule has 0 atom stereocenters. The number of ether oxygens (including phenoxy) is 1. The summed E-state index contributed by atoms with van der Waals surface area (Å²) in [6, 6.07) is 9.26. The molecule has 1 aromatic heterocycles. The zero-order valence-corrected chi connectivity index (χ0v) is 13.4. The number of carboxylic acids is 1. The SMILES string of the molecule is COc1ccc2ncc(C(=O)[O-])c(Nc3cccc(C(F)(F)F)c3)c2c1. The fourth-order valence-corrected chi connectivity index (χ4v) is 2.51. The van der Waals surface area contributed by atoms with Gasteiger partial charge in [0.2, 0.25) is 0 Å². The number of benzene rings is 2. The summed E-state index contributed by atoms with van der Waals surface area (Å²) in [5, 5.41) is 14.6. The first-order valence-electron chi connectivity index (χ1n) is 7.42. The van der Waals surface area contributed by atoms with E-state index >= 15 is 0 Å². The van der Waals surface area contributed by atoms with Crippen LogP contribution in [0.2, 0.25) is 0 Å². The van der Waals surface area contributed by atoms with Crippen LogP contribution in [0.25, 0.3) is 10.9 Å². The number of aromatic carboxylic acids is 1. The zero-order chi connectivity index (χ0) is 18.9. The number of carboxylic acid groups (broad SMARTS) is 1. The van der Waals surface area contributed by atoms with Crippen LogP contribution in [0.1, 0.15) is 15.9 Å². The highest BCUT2D eigenvalue weighted by atomic mass is 19.4. The van der Waals surface area contributed by atoms with Gasteiger partial charge in [0, 0.05) is 22.8 Å². The third kappa shape index (κ3) is 3.39. The number of hydrogen-bond donors (Lipinski definition) is 1. The van der Waals surface area contributed by atoms with Crippen LogP contribution in [0.15, 0.2) is 48.7 Å². The van der Waals surface area contributed by atoms with Crippen LogP contribution < -0.4 is 15.2 Å². The molecule has 0 radical (unpaired) electrons. The van der Waals surface area contributed by atoms with E-state index in [0.29, 0.717) is 16.7 Å². The summed E-state index contributed by atoms with van der Waals surface area (Å²) in [5.74, 6) is -1.06. The van der Waals surface area contributed by atoms with Gasteiger partial charge < -0.3 is 20.0 Å². The molecular weight excluding hydrogens is 349 g/mol. The highest BCUT2D eigenvalue weighted by Crippen LogP contribution is 2.34. The van der Waals surface area contributed by atoms with Gasteiger partial charge in [0.15, 0.2) is 0 Å². The minimum Gasteiger partial charge on any atom is -0.545 e. The van der Waals surface area contributed by atoms with Crippen molar-refractivity contribution >= 4 is 28.2 Å². The zero-order valence-electron chi connectivity index (χ0n) is 13.4. The summed E-state index contributed by atoms with van der Waals surface area (Å²) in [6.45, 7) is 0. The van der Waals surface area contributed by atoms with E-state index in [9.17, 15) is 23.1 Å². The van der Waals surface area contributed by atoms with Gasteiger partial charge in [-0.15, -0.1) is 0 Å². The molecule has 1 N–H and O–H groups in total. The van der Waals surface area contributed by atoms with Gasteiger partial charge >= 0.3 is 6.18 Å². The number of aromatic nitrogens is 1. The van der Waals surface area contributed by atoms with Crippen LogP contribution in [-0.2, 0) is 6.18 Å². The quantitative estimate of drug-likeness (QED) is 0.771. The lowest BCUT2D eigenvalue weighted by molar-refractivity contribution is -0.254. The number of nitrogens with zero attached hydrogens (tertiary/aromatic N) is 1. The molecule has 0 saturated heterocycles.